The molecule has 0 aromatic carbocycles. The molecule has 1 aromatic heterocycles. The molecule has 6 heteroatoms. The van der Waals surface area contributed by atoms with Crippen molar-refractivity contribution >= 4 is 11.7 Å². The smallest absolute Gasteiger partial charge is 0.264 e. The first-order valence-electron chi connectivity index (χ1n) is 3.78. The first-order chi connectivity index (χ1) is 6.43. The van der Waals surface area contributed by atoms with Crippen LogP contribution < -0.4 is 11.5 Å². The fourth-order valence-corrected chi connectivity index (χ4v) is 1.16. The van der Waals surface area contributed by atoms with Gasteiger partial charge in [0.1, 0.15) is 5.82 Å². The van der Waals surface area contributed by atoms with Crippen molar-refractivity contribution in [1.82, 2.24) is 4.98 Å². The summed E-state index contributed by atoms with van der Waals surface area (Å²) in [6.45, 7) is 1.51. The van der Waals surface area contributed by atoms with E-state index >= 15 is 0 Å². The van der Waals surface area contributed by atoms with Crippen molar-refractivity contribution < 1.29 is 13.6 Å². The van der Waals surface area contributed by atoms with E-state index < -0.39 is 23.5 Å². The molecule has 0 saturated heterocycles. The van der Waals surface area contributed by atoms with E-state index in [0.29, 0.717) is 5.69 Å². The number of nitrogens with two attached hydrogens (primary N) is 2. The fourth-order valence-electron chi connectivity index (χ4n) is 1.16. The Balaban J connectivity index is 3.44. The van der Waals surface area contributed by atoms with E-state index in [-0.39, 0.29) is 5.82 Å². The largest absolute Gasteiger partial charge is 0.383 e. The van der Waals surface area contributed by atoms with E-state index in [9.17, 15) is 13.6 Å². The number of aromatic nitrogens is 1. The van der Waals surface area contributed by atoms with Gasteiger partial charge in [-0.2, -0.15) is 0 Å². The summed E-state index contributed by atoms with van der Waals surface area (Å²) in [7, 11) is 0. The maximum atomic E-state index is 12.5. The molecule has 0 aliphatic heterocycles. The van der Waals surface area contributed by atoms with Crippen LogP contribution in [0.25, 0.3) is 0 Å². The van der Waals surface area contributed by atoms with E-state index in [1.807, 2.05) is 0 Å². The zero-order chi connectivity index (χ0) is 10.9. The van der Waals surface area contributed by atoms with E-state index in [1.165, 1.54) is 6.92 Å². The third-order valence-corrected chi connectivity index (χ3v) is 1.69. The molecule has 1 aromatic rings. The average molecular weight is 201 g/mol. The van der Waals surface area contributed by atoms with Crippen molar-refractivity contribution in [2.45, 2.75) is 13.3 Å². The average Bonchev–Trinajstić information content (AvgIpc) is 2.01. The number of pyridine rings is 1. The summed E-state index contributed by atoms with van der Waals surface area (Å²) in [5.41, 5.74) is 9.68. The molecular weight excluding hydrogens is 192 g/mol. The van der Waals surface area contributed by atoms with Crippen LogP contribution in [0.2, 0.25) is 0 Å². The molecule has 1 amide bonds. The second-order valence-corrected chi connectivity index (χ2v) is 2.78. The number of anilines is 1. The van der Waals surface area contributed by atoms with Gasteiger partial charge in [0.2, 0.25) is 0 Å². The van der Waals surface area contributed by atoms with Crippen LogP contribution in [0.4, 0.5) is 14.6 Å². The molecule has 1 heterocycles. The van der Waals surface area contributed by atoms with E-state index in [1.54, 1.807) is 0 Å². The predicted octanol–water partition coefficient (Wildman–Crippen LogP) is 1.01. The number of primary amides is 1. The van der Waals surface area contributed by atoms with Gasteiger partial charge >= 0.3 is 0 Å². The van der Waals surface area contributed by atoms with Gasteiger partial charge in [-0.25, -0.2) is 13.8 Å². The molecule has 0 fully saturated rings. The van der Waals surface area contributed by atoms with Crippen LogP contribution in [0.5, 0.6) is 0 Å². The molecule has 76 valence electrons. The molecule has 0 aliphatic rings. The van der Waals surface area contributed by atoms with Crippen molar-refractivity contribution in [2.24, 2.45) is 5.73 Å². The lowest BCUT2D eigenvalue weighted by Crippen LogP contribution is -2.18. The lowest BCUT2D eigenvalue weighted by molar-refractivity contribution is 0.0987. The molecule has 0 radical (unpaired) electrons. The number of hydrogen-bond acceptors (Lipinski definition) is 3. The third-order valence-electron chi connectivity index (χ3n) is 1.69. The van der Waals surface area contributed by atoms with Gasteiger partial charge in [0.15, 0.2) is 0 Å². The molecule has 1 rings (SSSR count). The number of halogens is 2. The first kappa shape index (κ1) is 10.4. The van der Waals surface area contributed by atoms with Crippen LogP contribution >= 0.6 is 0 Å². The Morgan fingerprint density at radius 1 is 1.57 bits per heavy atom. The number of carbonyl (C=O) groups excluding carboxylic acids is 1. The Morgan fingerprint density at radius 2 is 2.14 bits per heavy atom. The SMILES string of the molecule is Cc1cc(C(F)F)c(C(N)=O)c(N)n1. The summed E-state index contributed by atoms with van der Waals surface area (Å²) < 4.78 is 24.9. The second kappa shape index (κ2) is 3.57. The highest BCUT2D eigenvalue weighted by Crippen LogP contribution is 2.26. The Bertz CT molecular complexity index is 379. The molecular formula is C8H9F2N3O. The van der Waals surface area contributed by atoms with Crippen LogP contribution in [0.1, 0.15) is 28.0 Å². The van der Waals surface area contributed by atoms with Gasteiger partial charge in [-0.15, -0.1) is 0 Å². The standard InChI is InChI=1S/C8H9F2N3O/c1-3-2-4(6(9)10)5(8(12)14)7(11)13-3/h2,6H,1H3,(H2,11,13)(H2,12,14). The molecule has 0 saturated carbocycles. The van der Waals surface area contributed by atoms with Crippen LogP contribution in [-0.4, -0.2) is 10.9 Å². The highest BCUT2D eigenvalue weighted by Gasteiger charge is 2.20. The van der Waals surface area contributed by atoms with E-state index in [2.05, 4.69) is 4.98 Å². The molecule has 0 atom stereocenters. The maximum Gasteiger partial charge on any atom is 0.264 e. The molecule has 4 N–H and O–H groups in total. The van der Waals surface area contributed by atoms with Crippen molar-refractivity contribution in [2.75, 3.05) is 5.73 Å². The summed E-state index contributed by atoms with van der Waals surface area (Å²) in [5, 5.41) is 0. The van der Waals surface area contributed by atoms with Gasteiger partial charge in [-0.05, 0) is 13.0 Å². The van der Waals surface area contributed by atoms with Gasteiger partial charge in [0.05, 0.1) is 5.56 Å². The number of aryl methyl sites for hydroxylation is 1. The lowest BCUT2D eigenvalue weighted by Gasteiger charge is -2.08. The molecule has 0 spiro atoms. The topological polar surface area (TPSA) is 82.0 Å². The Morgan fingerprint density at radius 3 is 2.57 bits per heavy atom. The molecule has 14 heavy (non-hydrogen) atoms. The number of amides is 1. The molecule has 0 bridgehead atoms. The van der Waals surface area contributed by atoms with Crippen molar-refractivity contribution in [3.63, 3.8) is 0 Å². The minimum absolute atomic E-state index is 0.257. The van der Waals surface area contributed by atoms with E-state index in [4.69, 9.17) is 11.5 Å². The van der Waals surface area contributed by atoms with Gasteiger partial charge in [0, 0.05) is 11.3 Å². The number of carbonyl (C=O) groups is 1. The summed E-state index contributed by atoms with van der Waals surface area (Å²) in [5.74, 6) is -1.25. The van der Waals surface area contributed by atoms with Crippen LogP contribution in [-0.2, 0) is 0 Å². The van der Waals surface area contributed by atoms with Crippen molar-refractivity contribution in [3.05, 3.63) is 22.9 Å². The minimum atomic E-state index is -2.79. The number of hydrogen-bond donors (Lipinski definition) is 2. The fraction of sp³-hybridized carbons (Fsp3) is 0.250. The quantitative estimate of drug-likeness (QED) is 0.749. The van der Waals surface area contributed by atoms with Crippen molar-refractivity contribution in [1.29, 1.82) is 0 Å². The third kappa shape index (κ3) is 1.78. The summed E-state index contributed by atoms with van der Waals surface area (Å²) in [4.78, 5) is 14.5. The highest BCUT2D eigenvalue weighted by atomic mass is 19.3. The highest BCUT2D eigenvalue weighted by molar-refractivity contribution is 5.98. The van der Waals surface area contributed by atoms with Gasteiger partial charge in [0.25, 0.3) is 12.3 Å². The monoisotopic (exact) mass is 201 g/mol. The second-order valence-electron chi connectivity index (χ2n) is 2.78. The predicted molar refractivity (Wildman–Crippen MR) is 46.9 cm³/mol. The normalized spacial score (nSPS) is 10.6. The number of rotatable bonds is 2. The van der Waals surface area contributed by atoms with Crippen LogP contribution in [0.15, 0.2) is 6.07 Å². The van der Waals surface area contributed by atoms with E-state index in [0.717, 1.165) is 6.07 Å². The van der Waals surface area contributed by atoms with Crippen molar-refractivity contribution in [3.8, 4) is 0 Å². The summed E-state index contributed by atoms with van der Waals surface area (Å²) in [6, 6.07) is 1.10. The Labute approximate surface area is 78.9 Å². The number of nitrogen functional groups attached to an aromatic ring is 1. The molecule has 0 unspecified atom stereocenters. The molecule has 4 nitrogen and oxygen atoms in total. The summed E-state index contributed by atoms with van der Waals surface area (Å²) >= 11 is 0. The number of alkyl halides is 2. The Kier molecular flexibility index (Phi) is 2.64. The first-order valence-corrected chi connectivity index (χ1v) is 3.78. The van der Waals surface area contributed by atoms with Gasteiger partial charge in [-0.3, -0.25) is 4.79 Å². The van der Waals surface area contributed by atoms with Gasteiger partial charge < -0.3 is 11.5 Å². The van der Waals surface area contributed by atoms with Crippen LogP contribution in [0.3, 0.4) is 0 Å². The minimum Gasteiger partial charge on any atom is -0.383 e. The van der Waals surface area contributed by atoms with Crippen LogP contribution in [0, 0.1) is 6.92 Å². The van der Waals surface area contributed by atoms with Gasteiger partial charge in [-0.1, -0.05) is 0 Å². The Hall–Kier alpha value is -1.72. The lowest BCUT2D eigenvalue weighted by atomic mass is 10.1. The summed E-state index contributed by atoms with van der Waals surface area (Å²) in [6.07, 6.45) is -2.79. The zero-order valence-electron chi connectivity index (χ0n) is 7.42. The molecule has 0 aliphatic carbocycles. The maximum absolute atomic E-state index is 12.5. The number of nitrogens with zero attached hydrogens (tertiary/aromatic N) is 1. The zero-order valence-corrected chi connectivity index (χ0v) is 7.42.